The van der Waals surface area contributed by atoms with Gasteiger partial charge in [0.25, 0.3) is 15.9 Å². The molecule has 0 aliphatic carbocycles. The molecule has 1 aromatic heterocycles. The maximum absolute atomic E-state index is 13.0. The third kappa shape index (κ3) is 5.37. The predicted octanol–water partition coefficient (Wildman–Crippen LogP) is 2.98. The van der Waals surface area contributed by atoms with Crippen LogP contribution in [0.1, 0.15) is 36.5 Å². The number of nitrogens with zero attached hydrogens (tertiary/aromatic N) is 1. The van der Waals surface area contributed by atoms with Crippen molar-refractivity contribution in [1.82, 2.24) is 4.90 Å². The first-order valence-corrected chi connectivity index (χ1v) is 13.6. The van der Waals surface area contributed by atoms with Crippen LogP contribution in [0.4, 0.5) is 5.69 Å². The highest BCUT2D eigenvalue weighted by Gasteiger charge is 2.34. The van der Waals surface area contributed by atoms with Crippen molar-refractivity contribution in [2.24, 2.45) is 0 Å². The van der Waals surface area contributed by atoms with E-state index < -0.39 is 19.9 Å². The van der Waals surface area contributed by atoms with E-state index >= 15 is 0 Å². The van der Waals surface area contributed by atoms with E-state index in [1.54, 1.807) is 40.6 Å². The van der Waals surface area contributed by atoms with Crippen molar-refractivity contribution in [2.45, 2.75) is 36.4 Å². The van der Waals surface area contributed by atoms with E-state index in [0.717, 1.165) is 24.2 Å². The van der Waals surface area contributed by atoms with Crippen molar-refractivity contribution in [2.75, 3.05) is 22.8 Å². The number of nitrogens with one attached hydrogen (secondary N) is 1. The van der Waals surface area contributed by atoms with E-state index in [9.17, 15) is 21.6 Å². The average Bonchev–Trinajstić information content (AvgIpc) is 3.32. The number of sulfone groups is 1. The van der Waals surface area contributed by atoms with Gasteiger partial charge in [-0.15, -0.1) is 11.3 Å². The molecule has 1 saturated heterocycles. The number of anilines is 1. The van der Waals surface area contributed by atoms with E-state index in [4.69, 9.17) is 0 Å². The molecule has 1 aromatic carbocycles. The number of hydrogen-bond acceptors (Lipinski definition) is 6. The second-order valence-corrected chi connectivity index (χ2v) is 12.1. The summed E-state index contributed by atoms with van der Waals surface area (Å²) in [5.74, 6) is -0.119. The Hall–Kier alpha value is -1.91. The minimum Gasteiger partial charge on any atom is -0.335 e. The van der Waals surface area contributed by atoms with E-state index in [1.807, 2.05) is 6.92 Å². The molecule has 29 heavy (non-hydrogen) atoms. The van der Waals surface area contributed by atoms with Crippen molar-refractivity contribution >= 4 is 42.8 Å². The van der Waals surface area contributed by atoms with E-state index in [1.165, 1.54) is 6.07 Å². The maximum atomic E-state index is 13.0. The molecule has 0 bridgehead atoms. The Morgan fingerprint density at radius 1 is 1.24 bits per heavy atom. The fourth-order valence-corrected chi connectivity index (χ4v) is 7.05. The number of sulfonamides is 1. The lowest BCUT2D eigenvalue weighted by molar-refractivity contribution is 0.0694. The van der Waals surface area contributed by atoms with Crippen LogP contribution in [0.15, 0.2) is 46.0 Å². The van der Waals surface area contributed by atoms with Gasteiger partial charge in [-0.05, 0) is 48.6 Å². The second-order valence-electron chi connectivity index (χ2n) is 7.02. The number of amides is 1. The summed E-state index contributed by atoms with van der Waals surface area (Å²) in [4.78, 5) is 14.7. The summed E-state index contributed by atoms with van der Waals surface area (Å²) >= 11 is 1.12. The minimum absolute atomic E-state index is 0.00114. The van der Waals surface area contributed by atoms with Crippen molar-refractivity contribution < 1.29 is 21.6 Å². The Labute approximate surface area is 175 Å². The summed E-state index contributed by atoms with van der Waals surface area (Å²) in [5.41, 5.74) is 0.767. The Morgan fingerprint density at radius 2 is 1.97 bits per heavy atom. The summed E-state index contributed by atoms with van der Waals surface area (Å²) in [5, 5.41) is 1.68. The highest BCUT2D eigenvalue weighted by molar-refractivity contribution is 7.94. The average molecular weight is 457 g/mol. The summed E-state index contributed by atoms with van der Waals surface area (Å²) in [6, 6.07) is 9.09. The lowest BCUT2D eigenvalue weighted by atomic mass is 10.1. The van der Waals surface area contributed by atoms with Crippen molar-refractivity contribution in [3.63, 3.8) is 0 Å². The van der Waals surface area contributed by atoms with Gasteiger partial charge < -0.3 is 4.90 Å². The lowest BCUT2D eigenvalue weighted by Crippen LogP contribution is -2.41. The highest BCUT2D eigenvalue weighted by Crippen LogP contribution is 2.23. The van der Waals surface area contributed by atoms with Gasteiger partial charge in [-0.1, -0.05) is 19.4 Å². The molecule has 1 amide bonds. The van der Waals surface area contributed by atoms with Crippen LogP contribution in [0, 0.1) is 0 Å². The third-order valence-corrected chi connectivity index (χ3v) is 9.34. The van der Waals surface area contributed by atoms with Crippen LogP contribution >= 0.6 is 11.3 Å². The van der Waals surface area contributed by atoms with Gasteiger partial charge >= 0.3 is 0 Å². The molecule has 2 heterocycles. The molecule has 10 heteroatoms. The fraction of sp³-hybridized carbons (Fsp3) is 0.421. The van der Waals surface area contributed by atoms with E-state index in [2.05, 4.69) is 4.72 Å². The van der Waals surface area contributed by atoms with Gasteiger partial charge in [-0.2, -0.15) is 0 Å². The largest absolute Gasteiger partial charge is 0.335 e. The summed E-state index contributed by atoms with van der Waals surface area (Å²) in [7, 11) is -6.75. The van der Waals surface area contributed by atoms with Crippen molar-refractivity contribution in [3.05, 3.63) is 47.3 Å². The molecule has 7 nitrogen and oxygen atoms in total. The van der Waals surface area contributed by atoms with Gasteiger partial charge in [-0.3, -0.25) is 9.52 Å². The normalized spacial score (nSPS) is 18.4. The Bertz CT molecular complexity index is 1050. The van der Waals surface area contributed by atoms with Gasteiger partial charge in [0, 0.05) is 23.8 Å². The first kappa shape index (κ1) is 21.8. The van der Waals surface area contributed by atoms with Gasteiger partial charge in [0.1, 0.15) is 4.21 Å². The van der Waals surface area contributed by atoms with E-state index in [0.29, 0.717) is 24.2 Å². The maximum Gasteiger partial charge on any atom is 0.271 e. The van der Waals surface area contributed by atoms with Crippen LogP contribution < -0.4 is 4.72 Å². The first-order chi connectivity index (χ1) is 13.7. The van der Waals surface area contributed by atoms with Gasteiger partial charge in [0.05, 0.1) is 11.5 Å². The Balaban J connectivity index is 1.75. The predicted molar refractivity (Wildman–Crippen MR) is 115 cm³/mol. The second kappa shape index (κ2) is 8.85. The topological polar surface area (TPSA) is 101 Å². The fourth-order valence-electron chi connectivity index (χ4n) is 3.27. The zero-order valence-electron chi connectivity index (χ0n) is 16.1. The van der Waals surface area contributed by atoms with Crippen molar-refractivity contribution in [3.8, 4) is 0 Å². The molecule has 1 atom stereocenters. The molecule has 1 aliphatic heterocycles. The number of hydrogen-bond donors (Lipinski definition) is 1. The first-order valence-electron chi connectivity index (χ1n) is 9.39. The van der Waals surface area contributed by atoms with Gasteiger partial charge in [-0.25, -0.2) is 16.8 Å². The number of rotatable bonds is 8. The lowest BCUT2D eigenvalue weighted by Gasteiger charge is -2.28. The Morgan fingerprint density at radius 3 is 2.52 bits per heavy atom. The smallest absolute Gasteiger partial charge is 0.271 e. The van der Waals surface area contributed by atoms with Gasteiger partial charge in [0.2, 0.25) is 0 Å². The van der Waals surface area contributed by atoms with Crippen LogP contribution in [0.25, 0.3) is 0 Å². The molecule has 0 spiro atoms. The molecule has 3 rings (SSSR count). The number of carbonyl (C=O) groups excluding carboxylic acids is 1. The van der Waals surface area contributed by atoms with Crippen LogP contribution in [0.2, 0.25) is 0 Å². The van der Waals surface area contributed by atoms with Crippen LogP contribution in [-0.4, -0.2) is 51.7 Å². The monoisotopic (exact) mass is 456 g/mol. The number of carbonyl (C=O) groups is 1. The Kier molecular flexibility index (Phi) is 6.65. The van der Waals surface area contributed by atoms with Crippen LogP contribution in [0.3, 0.4) is 0 Å². The standard InChI is InChI=1S/C19H24N2O5S3/c1-2-3-11-21(17-10-13-28(23,24)14-17)19(22)15-6-8-16(9-7-15)20-29(25,26)18-5-4-12-27-18/h4-9,12,17,20H,2-3,10-11,13-14H2,1H3. The highest BCUT2D eigenvalue weighted by atomic mass is 32.2. The third-order valence-electron chi connectivity index (χ3n) is 4.81. The number of unbranched alkanes of at least 4 members (excludes halogenated alkanes) is 1. The molecular formula is C19H24N2O5S3. The number of benzene rings is 1. The molecule has 2 aromatic rings. The zero-order valence-corrected chi connectivity index (χ0v) is 18.5. The molecule has 1 aliphatic rings. The summed E-state index contributed by atoms with van der Waals surface area (Å²) in [6.45, 7) is 2.52. The summed E-state index contributed by atoms with van der Waals surface area (Å²) in [6.07, 6.45) is 2.14. The SMILES string of the molecule is CCCCN(C(=O)c1ccc(NS(=O)(=O)c2cccs2)cc1)C1CCS(=O)(=O)C1. The number of thiophene rings is 1. The molecule has 1 unspecified atom stereocenters. The zero-order chi connectivity index (χ0) is 21.1. The quantitative estimate of drug-likeness (QED) is 0.658. The molecule has 1 N–H and O–H groups in total. The van der Waals surface area contributed by atoms with Crippen LogP contribution in [-0.2, 0) is 19.9 Å². The summed E-state index contributed by atoms with van der Waals surface area (Å²) < 4.78 is 51.0. The molecule has 0 radical (unpaired) electrons. The van der Waals surface area contributed by atoms with E-state index in [-0.39, 0.29) is 27.7 Å². The molecule has 1 fully saturated rings. The van der Waals surface area contributed by atoms with Crippen molar-refractivity contribution in [1.29, 1.82) is 0 Å². The molecule has 0 saturated carbocycles. The minimum atomic E-state index is -3.65. The molecular weight excluding hydrogens is 432 g/mol. The molecule has 158 valence electrons. The van der Waals surface area contributed by atoms with Gasteiger partial charge in [0.15, 0.2) is 9.84 Å². The van der Waals surface area contributed by atoms with Crippen LogP contribution in [0.5, 0.6) is 0 Å².